The summed E-state index contributed by atoms with van der Waals surface area (Å²) in [6.07, 6.45) is 7.38. The van der Waals surface area contributed by atoms with E-state index in [4.69, 9.17) is 38.7 Å². The summed E-state index contributed by atoms with van der Waals surface area (Å²) in [7, 11) is 2.04. The van der Waals surface area contributed by atoms with Crippen molar-refractivity contribution in [3.63, 3.8) is 0 Å². The molecule has 14 heteroatoms. The standard InChI is InChI=1S/C39H52Cl2N8O3S/c1-4-43-38(51)34-13-14-36(53-34)46-39(42)44-27(2)29-7-5-8-31(25-29)52-24-17-28-15-20-49(21-16-28)37(50)10-6-9-35-45-32-26-30(11-12-33(32)47(35)3)48(22-18-40)23-19-41/h5,7-8,11-13,25-28H,4,6,9-10,14-24H2,1-3H3,(H2,42,44)(H,43,51)/b46-36+. The van der Waals surface area contributed by atoms with Gasteiger partial charge in [-0.2, -0.15) is 0 Å². The lowest BCUT2D eigenvalue weighted by Crippen LogP contribution is -2.38. The number of hydrogen-bond acceptors (Lipinski definition) is 7. The second kappa shape index (κ2) is 20.1. The maximum absolute atomic E-state index is 13.1. The fraction of sp³-hybridized carbons (Fsp3) is 0.513. The number of amides is 2. The molecule has 3 aromatic rings. The maximum Gasteiger partial charge on any atom is 0.257 e. The molecule has 5 rings (SSSR count). The van der Waals surface area contributed by atoms with Gasteiger partial charge in [-0.15, -0.1) is 23.2 Å². The number of likely N-dealkylation sites (tertiary alicyclic amines) is 1. The van der Waals surface area contributed by atoms with Crippen LogP contribution in [0.2, 0.25) is 0 Å². The topological polar surface area (TPSA) is 130 Å². The van der Waals surface area contributed by atoms with Gasteiger partial charge in [0.25, 0.3) is 5.91 Å². The molecule has 3 N–H and O–H groups in total. The molecule has 1 atom stereocenters. The van der Waals surface area contributed by atoms with Crippen LogP contribution in [0.5, 0.6) is 5.75 Å². The zero-order chi connectivity index (χ0) is 37.7. The molecule has 0 spiro atoms. The number of hydrogen-bond donors (Lipinski definition) is 2. The van der Waals surface area contributed by atoms with Crippen molar-refractivity contribution in [1.82, 2.24) is 19.8 Å². The molecule has 3 heterocycles. The number of guanidine groups is 1. The number of piperidine rings is 1. The van der Waals surface area contributed by atoms with Crippen molar-refractivity contribution in [2.24, 2.45) is 28.7 Å². The Bertz CT molecular complexity index is 1800. The Morgan fingerprint density at radius 3 is 2.66 bits per heavy atom. The Labute approximate surface area is 327 Å². The number of alkyl halides is 2. The van der Waals surface area contributed by atoms with E-state index in [0.29, 0.717) is 48.6 Å². The van der Waals surface area contributed by atoms with Crippen LogP contribution in [0.1, 0.15) is 69.8 Å². The number of nitrogens with zero attached hydrogens (tertiary/aromatic N) is 6. The minimum absolute atomic E-state index is 0.0911. The number of imidazole rings is 1. The number of halogens is 2. The van der Waals surface area contributed by atoms with Crippen LogP contribution in [0.15, 0.2) is 63.4 Å². The van der Waals surface area contributed by atoms with Gasteiger partial charge in [-0.3, -0.25) is 9.59 Å². The molecule has 286 valence electrons. The number of nitrogens with one attached hydrogen (secondary N) is 1. The number of ether oxygens (including phenoxy) is 1. The van der Waals surface area contributed by atoms with Crippen LogP contribution in [0.25, 0.3) is 11.0 Å². The van der Waals surface area contributed by atoms with Crippen molar-refractivity contribution in [3.05, 3.63) is 64.8 Å². The molecule has 2 aromatic carbocycles. The maximum atomic E-state index is 13.1. The molecule has 1 aromatic heterocycles. The molecule has 0 radical (unpaired) electrons. The third-order valence-electron chi connectivity index (χ3n) is 9.74. The lowest BCUT2D eigenvalue weighted by molar-refractivity contribution is -0.132. The molecular weight excluding hydrogens is 731 g/mol. The van der Waals surface area contributed by atoms with E-state index in [-0.39, 0.29) is 23.8 Å². The first-order valence-electron chi connectivity index (χ1n) is 18.6. The molecule has 1 unspecified atom stereocenters. The van der Waals surface area contributed by atoms with Gasteiger partial charge < -0.3 is 30.2 Å². The third-order valence-corrected chi connectivity index (χ3v) is 11.1. The number of nitrogens with two attached hydrogens (primary N) is 1. The Kier molecular flexibility index (Phi) is 15.3. The molecule has 1 fully saturated rings. The average Bonchev–Trinajstić information content (AvgIpc) is 3.75. The normalized spacial score (nSPS) is 16.6. The Morgan fingerprint density at radius 2 is 1.92 bits per heavy atom. The molecule has 0 aliphatic carbocycles. The quantitative estimate of drug-likeness (QED) is 0.0874. The highest BCUT2D eigenvalue weighted by atomic mass is 35.5. The van der Waals surface area contributed by atoms with E-state index < -0.39 is 0 Å². The SMILES string of the molecule is CCNC(=O)C1=CC/C(=N\C(N)=N/C(C)c2cccc(OCCC3CCN(C(=O)CCCc4nc5cc(N(CCCl)CCCl)ccc5n4C)CC3)c2)S1. The zero-order valence-corrected chi connectivity index (χ0v) is 33.4. The van der Waals surface area contributed by atoms with Gasteiger partial charge in [0, 0.05) is 76.5 Å². The first-order valence-corrected chi connectivity index (χ1v) is 20.5. The lowest BCUT2D eigenvalue weighted by Gasteiger charge is -2.32. The Hall–Kier alpha value is -3.74. The number of aryl methyl sites for hydroxylation is 2. The number of anilines is 1. The molecule has 0 bridgehead atoms. The van der Waals surface area contributed by atoms with Gasteiger partial charge in [0.15, 0.2) is 0 Å². The van der Waals surface area contributed by atoms with E-state index in [1.165, 1.54) is 11.8 Å². The summed E-state index contributed by atoms with van der Waals surface area (Å²) in [5.74, 6) is 3.70. The minimum Gasteiger partial charge on any atom is -0.494 e. The summed E-state index contributed by atoms with van der Waals surface area (Å²) in [6, 6.07) is 14.0. The molecular formula is C39H52Cl2N8O3S. The summed E-state index contributed by atoms with van der Waals surface area (Å²) in [5, 5.41) is 3.56. The van der Waals surface area contributed by atoms with Crippen molar-refractivity contribution in [2.75, 3.05) is 56.0 Å². The first kappa shape index (κ1) is 40.4. The van der Waals surface area contributed by atoms with Gasteiger partial charge in [-0.1, -0.05) is 30.0 Å². The van der Waals surface area contributed by atoms with Crippen LogP contribution >= 0.6 is 35.0 Å². The van der Waals surface area contributed by atoms with Crippen molar-refractivity contribution in [2.45, 2.75) is 64.8 Å². The number of carbonyl (C=O) groups is 2. The highest BCUT2D eigenvalue weighted by Gasteiger charge is 2.23. The number of benzene rings is 2. The number of likely N-dealkylation sites (N-methyl/N-ethyl adjacent to an activating group) is 1. The highest BCUT2D eigenvalue weighted by Crippen LogP contribution is 2.29. The number of aliphatic imine (C=N–C) groups is 2. The van der Waals surface area contributed by atoms with Crippen molar-refractivity contribution in [3.8, 4) is 5.75 Å². The van der Waals surface area contributed by atoms with Crippen molar-refractivity contribution in [1.29, 1.82) is 0 Å². The fourth-order valence-corrected chi connectivity index (χ4v) is 8.04. The molecule has 2 amide bonds. The summed E-state index contributed by atoms with van der Waals surface area (Å²) < 4.78 is 8.28. The van der Waals surface area contributed by atoms with Crippen LogP contribution in [0.4, 0.5) is 5.69 Å². The van der Waals surface area contributed by atoms with Gasteiger partial charge in [-0.05, 0) is 81.3 Å². The zero-order valence-electron chi connectivity index (χ0n) is 31.0. The van der Waals surface area contributed by atoms with Crippen molar-refractivity contribution < 1.29 is 14.3 Å². The average molecular weight is 784 g/mol. The van der Waals surface area contributed by atoms with Gasteiger partial charge >= 0.3 is 0 Å². The number of rotatable bonds is 17. The third kappa shape index (κ3) is 11.4. The van der Waals surface area contributed by atoms with E-state index in [0.717, 1.165) is 97.2 Å². The summed E-state index contributed by atoms with van der Waals surface area (Å²) in [6.45, 7) is 8.10. The number of fused-ring (bicyclic) bond motifs is 1. The predicted molar refractivity (Wildman–Crippen MR) is 220 cm³/mol. The van der Waals surface area contributed by atoms with Crippen LogP contribution < -0.4 is 20.7 Å². The molecule has 11 nitrogen and oxygen atoms in total. The number of thioether (sulfide) groups is 1. The van der Waals surface area contributed by atoms with E-state index in [1.807, 2.05) is 56.1 Å². The number of allylic oxidation sites excluding steroid dienone is 1. The van der Waals surface area contributed by atoms with E-state index >= 15 is 0 Å². The Morgan fingerprint density at radius 1 is 1.15 bits per heavy atom. The van der Waals surface area contributed by atoms with Gasteiger partial charge in [0.1, 0.15) is 11.6 Å². The van der Waals surface area contributed by atoms with Crippen LogP contribution in [-0.2, 0) is 23.1 Å². The molecule has 1 saturated heterocycles. The molecule has 2 aliphatic rings. The van der Waals surface area contributed by atoms with E-state index in [2.05, 4.69) is 43.0 Å². The predicted octanol–water partition coefficient (Wildman–Crippen LogP) is 6.82. The Balaban J connectivity index is 1.01. The molecule has 53 heavy (non-hydrogen) atoms. The number of carbonyl (C=O) groups excluding carboxylic acids is 2. The molecule has 0 saturated carbocycles. The van der Waals surface area contributed by atoms with Crippen molar-refractivity contribution >= 4 is 74.5 Å². The summed E-state index contributed by atoms with van der Waals surface area (Å²) in [5.41, 5.74) is 10.2. The lowest BCUT2D eigenvalue weighted by atomic mass is 9.93. The molecule has 2 aliphatic heterocycles. The minimum atomic E-state index is -0.206. The second-order valence-electron chi connectivity index (χ2n) is 13.4. The smallest absolute Gasteiger partial charge is 0.257 e. The van der Waals surface area contributed by atoms with Crippen LogP contribution in [-0.4, -0.2) is 88.4 Å². The van der Waals surface area contributed by atoms with Gasteiger partial charge in [0.05, 0.1) is 33.6 Å². The summed E-state index contributed by atoms with van der Waals surface area (Å²) in [4.78, 5) is 43.9. The van der Waals surface area contributed by atoms with Crippen LogP contribution in [0.3, 0.4) is 0 Å². The second-order valence-corrected chi connectivity index (χ2v) is 15.3. The van der Waals surface area contributed by atoms with E-state index in [1.54, 1.807) is 0 Å². The summed E-state index contributed by atoms with van der Waals surface area (Å²) >= 11 is 13.4. The first-order chi connectivity index (χ1) is 25.7. The highest BCUT2D eigenvalue weighted by molar-refractivity contribution is 8.18. The van der Waals surface area contributed by atoms with E-state index in [9.17, 15) is 9.59 Å². The van der Waals surface area contributed by atoms with Crippen LogP contribution in [0, 0.1) is 5.92 Å². The van der Waals surface area contributed by atoms with Gasteiger partial charge in [-0.25, -0.2) is 15.0 Å². The largest absolute Gasteiger partial charge is 0.494 e. The monoisotopic (exact) mass is 782 g/mol. The van der Waals surface area contributed by atoms with Gasteiger partial charge in [0.2, 0.25) is 11.9 Å². The fourth-order valence-electron chi connectivity index (χ4n) is 6.74. The number of aromatic nitrogens is 2.